The van der Waals surface area contributed by atoms with Gasteiger partial charge >= 0.3 is 0 Å². The normalized spacial score (nSPS) is 10.6. The maximum atomic E-state index is 13.4. The summed E-state index contributed by atoms with van der Waals surface area (Å²) in [4.78, 5) is 11.9. The molecule has 0 atom stereocenters. The first-order valence-corrected chi connectivity index (χ1v) is 5.43. The molecule has 98 valence electrons. The SMILES string of the molecule is O=C(c1ccc(F)c(Cl)c1)c1ccc(F)c(F)c1F. The van der Waals surface area contributed by atoms with Crippen LogP contribution in [0.2, 0.25) is 5.02 Å². The lowest BCUT2D eigenvalue weighted by Crippen LogP contribution is -2.07. The largest absolute Gasteiger partial charge is 0.288 e. The molecule has 0 bridgehead atoms. The van der Waals surface area contributed by atoms with E-state index in [9.17, 15) is 22.4 Å². The molecule has 0 aliphatic heterocycles. The summed E-state index contributed by atoms with van der Waals surface area (Å²) in [7, 11) is 0. The zero-order chi connectivity index (χ0) is 14.2. The van der Waals surface area contributed by atoms with Gasteiger partial charge in [-0.1, -0.05) is 11.6 Å². The smallest absolute Gasteiger partial charge is 0.196 e. The van der Waals surface area contributed by atoms with Crippen molar-refractivity contribution in [3.05, 3.63) is 69.8 Å². The minimum atomic E-state index is -1.74. The number of ketones is 1. The maximum absolute atomic E-state index is 13.4. The maximum Gasteiger partial charge on any atom is 0.196 e. The van der Waals surface area contributed by atoms with Crippen molar-refractivity contribution in [3.8, 4) is 0 Å². The molecule has 6 heteroatoms. The molecule has 0 saturated carbocycles. The molecule has 0 spiro atoms. The van der Waals surface area contributed by atoms with Gasteiger partial charge in [0.2, 0.25) is 0 Å². The summed E-state index contributed by atoms with van der Waals surface area (Å²) in [6.45, 7) is 0. The Labute approximate surface area is 110 Å². The topological polar surface area (TPSA) is 17.1 Å². The Kier molecular flexibility index (Phi) is 3.57. The number of halogens is 5. The van der Waals surface area contributed by atoms with Gasteiger partial charge in [-0.25, -0.2) is 17.6 Å². The second-order valence-corrected chi connectivity index (χ2v) is 4.09. The van der Waals surface area contributed by atoms with E-state index in [1.165, 1.54) is 0 Å². The van der Waals surface area contributed by atoms with Crippen LogP contribution in [0.4, 0.5) is 17.6 Å². The van der Waals surface area contributed by atoms with Crippen molar-refractivity contribution in [3.63, 3.8) is 0 Å². The van der Waals surface area contributed by atoms with Gasteiger partial charge in [-0.3, -0.25) is 4.79 Å². The number of carbonyl (C=O) groups is 1. The van der Waals surface area contributed by atoms with Crippen molar-refractivity contribution < 1.29 is 22.4 Å². The molecule has 1 nitrogen and oxygen atoms in total. The van der Waals surface area contributed by atoms with Gasteiger partial charge in [0.1, 0.15) is 5.82 Å². The Morgan fingerprint density at radius 3 is 2.16 bits per heavy atom. The molecular weight excluding hydrogens is 284 g/mol. The summed E-state index contributed by atoms with van der Waals surface area (Å²) in [5, 5.41) is -0.325. The number of hydrogen-bond donors (Lipinski definition) is 0. The minimum Gasteiger partial charge on any atom is -0.288 e. The molecule has 0 radical (unpaired) electrons. The zero-order valence-electron chi connectivity index (χ0n) is 9.18. The predicted octanol–water partition coefficient (Wildman–Crippen LogP) is 4.13. The molecule has 2 aromatic carbocycles. The standard InChI is InChI=1S/C13H5ClF4O/c14-8-5-6(1-3-9(8)15)13(19)7-2-4-10(16)12(18)11(7)17/h1-5H. The Hall–Kier alpha value is -1.88. The molecule has 19 heavy (non-hydrogen) atoms. The van der Waals surface area contributed by atoms with Gasteiger partial charge in [0, 0.05) is 5.56 Å². The van der Waals surface area contributed by atoms with Crippen LogP contribution in [0.15, 0.2) is 30.3 Å². The van der Waals surface area contributed by atoms with Gasteiger partial charge in [-0.2, -0.15) is 0 Å². The van der Waals surface area contributed by atoms with Gasteiger partial charge in [0.05, 0.1) is 10.6 Å². The second-order valence-electron chi connectivity index (χ2n) is 3.68. The summed E-state index contributed by atoms with van der Waals surface area (Å²) in [5.41, 5.74) is -0.780. The molecule has 0 saturated heterocycles. The first-order valence-electron chi connectivity index (χ1n) is 5.05. The first kappa shape index (κ1) is 13.5. The summed E-state index contributed by atoms with van der Waals surface area (Å²) in [6, 6.07) is 4.43. The van der Waals surface area contributed by atoms with E-state index in [0.29, 0.717) is 6.07 Å². The molecule has 0 N–H and O–H groups in total. The molecule has 0 amide bonds. The van der Waals surface area contributed by atoms with E-state index < -0.39 is 34.6 Å². The van der Waals surface area contributed by atoms with Crippen LogP contribution >= 0.6 is 11.6 Å². The van der Waals surface area contributed by atoms with E-state index in [1.807, 2.05) is 0 Å². The molecule has 0 heterocycles. The van der Waals surface area contributed by atoms with E-state index in [1.54, 1.807) is 0 Å². The zero-order valence-corrected chi connectivity index (χ0v) is 9.94. The van der Waals surface area contributed by atoms with Crippen molar-refractivity contribution >= 4 is 17.4 Å². The van der Waals surface area contributed by atoms with Gasteiger partial charge in [0.25, 0.3) is 0 Å². The molecule has 2 rings (SSSR count). The highest BCUT2D eigenvalue weighted by molar-refractivity contribution is 6.31. The Balaban J connectivity index is 2.50. The van der Waals surface area contributed by atoms with Crippen LogP contribution in [0, 0.1) is 23.3 Å². The fourth-order valence-electron chi connectivity index (χ4n) is 1.49. The average molecular weight is 289 g/mol. The number of benzene rings is 2. The Morgan fingerprint density at radius 2 is 1.53 bits per heavy atom. The van der Waals surface area contributed by atoms with Crippen molar-refractivity contribution in [2.24, 2.45) is 0 Å². The summed E-state index contributed by atoms with van der Waals surface area (Å²) >= 11 is 5.49. The van der Waals surface area contributed by atoms with Crippen LogP contribution in [0.25, 0.3) is 0 Å². The third-order valence-electron chi connectivity index (χ3n) is 2.46. The monoisotopic (exact) mass is 288 g/mol. The lowest BCUT2D eigenvalue weighted by Gasteiger charge is -2.05. The van der Waals surface area contributed by atoms with Crippen LogP contribution in [0.5, 0.6) is 0 Å². The molecule has 0 aliphatic carbocycles. The first-order chi connectivity index (χ1) is 8.91. The summed E-state index contributed by atoms with van der Waals surface area (Å²) < 4.78 is 52.1. The lowest BCUT2D eigenvalue weighted by atomic mass is 10.0. The van der Waals surface area contributed by atoms with Crippen molar-refractivity contribution in [2.75, 3.05) is 0 Å². The van der Waals surface area contributed by atoms with E-state index in [2.05, 4.69) is 0 Å². The molecule has 0 aromatic heterocycles. The average Bonchev–Trinajstić information content (AvgIpc) is 2.39. The van der Waals surface area contributed by atoms with Crippen LogP contribution in [-0.4, -0.2) is 5.78 Å². The van der Waals surface area contributed by atoms with Gasteiger partial charge < -0.3 is 0 Å². The Bertz CT molecular complexity index is 670. The van der Waals surface area contributed by atoms with Crippen LogP contribution in [-0.2, 0) is 0 Å². The lowest BCUT2D eigenvalue weighted by molar-refractivity contribution is 0.103. The molecule has 0 unspecified atom stereocenters. The second kappa shape index (κ2) is 5.01. The molecule has 0 aliphatic rings. The predicted molar refractivity (Wildman–Crippen MR) is 61.2 cm³/mol. The molecule has 0 fully saturated rings. The number of carbonyl (C=O) groups excluding carboxylic acids is 1. The van der Waals surface area contributed by atoms with Gasteiger partial charge in [-0.05, 0) is 30.3 Å². The van der Waals surface area contributed by atoms with Crippen molar-refractivity contribution in [1.82, 2.24) is 0 Å². The van der Waals surface area contributed by atoms with E-state index >= 15 is 0 Å². The fraction of sp³-hybridized carbons (Fsp3) is 0. The minimum absolute atomic E-state index is 0.128. The van der Waals surface area contributed by atoms with Crippen LogP contribution in [0.1, 0.15) is 15.9 Å². The highest BCUT2D eigenvalue weighted by Gasteiger charge is 2.20. The summed E-state index contributed by atoms with van der Waals surface area (Å²) in [6.07, 6.45) is 0. The van der Waals surface area contributed by atoms with Crippen LogP contribution in [0.3, 0.4) is 0 Å². The third kappa shape index (κ3) is 2.46. The quantitative estimate of drug-likeness (QED) is 0.461. The van der Waals surface area contributed by atoms with Crippen molar-refractivity contribution in [2.45, 2.75) is 0 Å². The highest BCUT2D eigenvalue weighted by atomic mass is 35.5. The molecular formula is C13H5ClF4O. The van der Waals surface area contributed by atoms with Crippen molar-refractivity contribution in [1.29, 1.82) is 0 Å². The Morgan fingerprint density at radius 1 is 0.895 bits per heavy atom. The highest BCUT2D eigenvalue weighted by Crippen LogP contribution is 2.21. The van der Waals surface area contributed by atoms with Gasteiger partial charge in [-0.15, -0.1) is 0 Å². The molecule has 2 aromatic rings. The summed E-state index contributed by atoms with van der Waals surface area (Å²) in [5.74, 6) is -6.39. The van der Waals surface area contributed by atoms with E-state index in [0.717, 1.165) is 24.3 Å². The van der Waals surface area contributed by atoms with Crippen LogP contribution < -0.4 is 0 Å². The van der Waals surface area contributed by atoms with Gasteiger partial charge in [0.15, 0.2) is 23.2 Å². The van der Waals surface area contributed by atoms with E-state index in [4.69, 9.17) is 11.6 Å². The third-order valence-corrected chi connectivity index (χ3v) is 2.75. The fourth-order valence-corrected chi connectivity index (χ4v) is 1.67. The van der Waals surface area contributed by atoms with E-state index in [-0.39, 0.29) is 10.6 Å². The number of hydrogen-bond acceptors (Lipinski definition) is 1. The number of rotatable bonds is 2.